The summed E-state index contributed by atoms with van der Waals surface area (Å²) in [6.45, 7) is 3.79. The van der Waals surface area contributed by atoms with E-state index in [2.05, 4.69) is 20.4 Å². The first-order chi connectivity index (χ1) is 13.0. The number of nitrogens with one attached hydrogen (secondary N) is 1. The molecule has 0 radical (unpaired) electrons. The Labute approximate surface area is 160 Å². The minimum Gasteiger partial charge on any atom is -0.335 e. The van der Waals surface area contributed by atoms with Crippen molar-refractivity contribution in [3.05, 3.63) is 70.5 Å². The summed E-state index contributed by atoms with van der Waals surface area (Å²) < 4.78 is 5.32. The number of nitrogens with zero attached hydrogens (tertiary/aromatic N) is 3. The number of benzene rings is 1. The fourth-order valence-corrected chi connectivity index (χ4v) is 2.89. The van der Waals surface area contributed by atoms with Crippen LogP contribution in [0.4, 0.5) is 5.82 Å². The monoisotopic (exact) mass is 378 g/mol. The molecule has 7 heteroatoms. The molecule has 0 spiro atoms. The van der Waals surface area contributed by atoms with Gasteiger partial charge in [0.15, 0.2) is 0 Å². The van der Waals surface area contributed by atoms with Crippen LogP contribution in [0.25, 0.3) is 22.4 Å². The minimum atomic E-state index is -0.322. The Morgan fingerprint density at radius 2 is 1.89 bits per heavy atom. The fraction of sp³-hybridized carbons (Fsp3) is 0.100. The van der Waals surface area contributed by atoms with Gasteiger partial charge in [-0.05, 0) is 32.0 Å². The molecule has 27 heavy (non-hydrogen) atoms. The molecule has 4 rings (SSSR count). The van der Waals surface area contributed by atoms with E-state index in [1.54, 1.807) is 25.1 Å². The van der Waals surface area contributed by atoms with Crippen LogP contribution >= 0.6 is 11.6 Å². The molecule has 0 saturated carbocycles. The third-order valence-corrected chi connectivity index (χ3v) is 4.40. The Bertz CT molecular complexity index is 1140. The summed E-state index contributed by atoms with van der Waals surface area (Å²) in [6.07, 6.45) is 1.47. The van der Waals surface area contributed by atoms with Gasteiger partial charge >= 0.3 is 0 Å². The lowest BCUT2D eigenvalue weighted by molar-refractivity contribution is 0.102. The van der Waals surface area contributed by atoms with Gasteiger partial charge in [-0.3, -0.25) is 4.79 Å². The highest BCUT2D eigenvalue weighted by atomic mass is 35.5. The molecule has 0 aliphatic rings. The number of amides is 1. The second-order valence-electron chi connectivity index (χ2n) is 6.19. The van der Waals surface area contributed by atoms with E-state index in [9.17, 15) is 4.79 Å². The van der Waals surface area contributed by atoms with Gasteiger partial charge in [-0.2, -0.15) is 0 Å². The number of pyridine rings is 2. The molecule has 0 atom stereocenters. The smallest absolute Gasteiger partial charge is 0.259 e. The summed E-state index contributed by atoms with van der Waals surface area (Å²) in [6, 6.07) is 12.9. The number of carbonyl (C=O) groups is 1. The van der Waals surface area contributed by atoms with Crippen LogP contribution in [0, 0.1) is 13.8 Å². The first kappa shape index (κ1) is 17.2. The first-order valence-corrected chi connectivity index (χ1v) is 8.66. The zero-order valence-electron chi connectivity index (χ0n) is 14.7. The molecular formula is C20H15ClN4O2. The van der Waals surface area contributed by atoms with Gasteiger partial charge in [0.25, 0.3) is 11.6 Å². The molecular weight excluding hydrogens is 364 g/mol. The van der Waals surface area contributed by atoms with E-state index in [0.29, 0.717) is 38.9 Å². The molecule has 0 bridgehead atoms. The van der Waals surface area contributed by atoms with Gasteiger partial charge in [0.05, 0.1) is 27.4 Å². The number of hydrogen-bond acceptors (Lipinski definition) is 5. The summed E-state index contributed by atoms with van der Waals surface area (Å²) in [5, 5.41) is 7.81. The molecule has 3 heterocycles. The topological polar surface area (TPSA) is 80.9 Å². The summed E-state index contributed by atoms with van der Waals surface area (Å²) in [7, 11) is 0. The summed E-state index contributed by atoms with van der Waals surface area (Å²) in [5.41, 5.74) is 4.00. The van der Waals surface area contributed by atoms with Gasteiger partial charge in [-0.25, -0.2) is 9.97 Å². The lowest BCUT2D eigenvalue weighted by atomic mass is 10.0. The number of anilines is 1. The molecule has 1 amide bonds. The number of aromatic nitrogens is 3. The maximum atomic E-state index is 12.9. The van der Waals surface area contributed by atoms with Crippen molar-refractivity contribution in [3.8, 4) is 11.3 Å². The lowest BCUT2D eigenvalue weighted by Gasteiger charge is -2.08. The minimum absolute atomic E-state index is 0.319. The van der Waals surface area contributed by atoms with Crippen molar-refractivity contribution in [1.29, 1.82) is 0 Å². The zero-order valence-corrected chi connectivity index (χ0v) is 15.4. The van der Waals surface area contributed by atoms with Crippen molar-refractivity contribution in [2.24, 2.45) is 0 Å². The third kappa shape index (κ3) is 3.39. The zero-order chi connectivity index (χ0) is 19.0. The van der Waals surface area contributed by atoms with Crippen LogP contribution in [0.15, 0.2) is 53.2 Å². The molecule has 4 aromatic rings. The van der Waals surface area contributed by atoms with Crippen LogP contribution in [0.1, 0.15) is 21.6 Å². The Morgan fingerprint density at radius 1 is 1.11 bits per heavy atom. The molecule has 0 aliphatic heterocycles. The number of carbonyl (C=O) groups excluding carboxylic acids is 1. The van der Waals surface area contributed by atoms with E-state index in [1.165, 1.54) is 6.20 Å². The van der Waals surface area contributed by atoms with Crippen molar-refractivity contribution >= 4 is 34.4 Å². The van der Waals surface area contributed by atoms with Crippen LogP contribution in [0.3, 0.4) is 0 Å². The molecule has 1 N–H and O–H groups in total. The SMILES string of the molecule is Cc1ccc(-c2cc(C(=O)Nc3ccc(Cl)cn3)c3c(C)noc3n2)cc1. The summed E-state index contributed by atoms with van der Waals surface area (Å²) in [5.74, 6) is 0.0808. The normalized spacial score (nSPS) is 10.9. The van der Waals surface area contributed by atoms with Gasteiger partial charge in [-0.1, -0.05) is 46.6 Å². The highest BCUT2D eigenvalue weighted by molar-refractivity contribution is 6.30. The number of fused-ring (bicyclic) bond motifs is 1. The van der Waals surface area contributed by atoms with Gasteiger partial charge < -0.3 is 9.84 Å². The number of hydrogen-bond donors (Lipinski definition) is 1. The van der Waals surface area contributed by atoms with E-state index >= 15 is 0 Å². The highest BCUT2D eigenvalue weighted by Crippen LogP contribution is 2.27. The molecule has 0 fully saturated rings. The van der Waals surface area contributed by atoms with E-state index in [4.69, 9.17) is 16.1 Å². The third-order valence-electron chi connectivity index (χ3n) is 4.18. The average Bonchev–Trinajstić information content (AvgIpc) is 3.04. The fourth-order valence-electron chi connectivity index (χ4n) is 2.78. The predicted octanol–water partition coefficient (Wildman–Crippen LogP) is 4.81. The van der Waals surface area contributed by atoms with Crippen LogP contribution in [-0.4, -0.2) is 21.0 Å². The van der Waals surface area contributed by atoms with Crippen molar-refractivity contribution < 1.29 is 9.32 Å². The van der Waals surface area contributed by atoms with Gasteiger partial charge in [0.1, 0.15) is 5.82 Å². The van der Waals surface area contributed by atoms with Crippen LogP contribution in [0.5, 0.6) is 0 Å². The number of aryl methyl sites for hydroxylation is 2. The van der Waals surface area contributed by atoms with Gasteiger partial charge in [0, 0.05) is 11.8 Å². The standard InChI is InChI=1S/C20H15ClN4O2/c1-11-3-5-13(6-4-11)16-9-15(18-12(2)25-27-20(18)23-16)19(26)24-17-8-7-14(21)10-22-17/h3-10H,1-2H3,(H,22,24,26). The van der Waals surface area contributed by atoms with Crippen LogP contribution in [0.2, 0.25) is 5.02 Å². The van der Waals surface area contributed by atoms with E-state index in [-0.39, 0.29) is 5.91 Å². The largest absolute Gasteiger partial charge is 0.335 e. The molecule has 0 aliphatic carbocycles. The van der Waals surface area contributed by atoms with Crippen molar-refractivity contribution in [2.75, 3.05) is 5.32 Å². The summed E-state index contributed by atoms with van der Waals surface area (Å²) >= 11 is 5.85. The molecule has 0 unspecified atom stereocenters. The second kappa shape index (κ2) is 6.81. The van der Waals surface area contributed by atoms with E-state index in [0.717, 1.165) is 11.1 Å². The Morgan fingerprint density at radius 3 is 2.59 bits per heavy atom. The van der Waals surface area contributed by atoms with E-state index < -0.39 is 0 Å². The second-order valence-corrected chi connectivity index (χ2v) is 6.62. The molecule has 6 nitrogen and oxygen atoms in total. The maximum absolute atomic E-state index is 12.9. The number of halogens is 1. The average molecular weight is 379 g/mol. The molecule has 134 valence electrons. The molecule has 1 aromatic carbocycles. The van der Waals surface area contributed by atoms with Gasteiger partial charge in [-0.15, -0.1) is 0 Å². The quantitative estimate of drug-likeness (QED) is 0.553. The predicted molar refractivity (Wildman–Crippen MR) is 104 cm³/mol. The molecule has 3 aromatic heterocycles. The highest BCUT2D eigenvalue weighted by Gasteiger charge is 2.19. The van der Waals surface area contributed by atoms with Crippen LogP contribution in [-0.2, 0) is 0 Å². The van der Waals surface area contributed by atoms with Crippen molar-refractivity contribution in [3.63, 3.8) is 0 Å². The maximum Gasteiger partial charge on any atom is 0.259 e. The van der Waals surface area contributed by atoms with Gasteiger partial charge in [0.2, 0.25) is 0 Å². The number of rotatable bonds is 3. The lowest BCUT2D eigenvalue weighted by Crippen LogP contribution is -2.14. The van der Waals surface area contributed by atoms with Crippen molar-refractivity contribution in [1.82, 2.24) is 15.1 Å². The van der Waals surface area contributed by atoms with Crippen LogP contribution < -0.4 is 5.32 Å². The Hall–Kier alpha value is -3.25. The van der Waals surface area contributed by atoms with E-state index in [1.807, 2.05) is 31.2 Å². The Kier molecular flexibility index (Phi) is 4.33. The molecule has 0 saturated heterocycles. The Balaban J connectivity index is 1.80. The first-order valence-electron chi connectivity index (χ1n) is 8.28. The summed E-state index contributed by atoms with van der Waals surface area (Å²) in [4.78, 5) is 21.5. The van der Waals surface area contributed by atoms with Crippen molar-refractivity contribution in [2.45, 2.75) is 13.8 Å².